The third-order valence-electron chi connectivity index (χ3n) is 10.4. The number of hydrogen-bond acceptors (Lipinski definition) is 5. The summed E-state index contributed by atoms with van der Waals surface area (Å²) in [7, 11) is -0.0708. The van der Waals surface area contributed by atoms with Crippen LogP contribution in [-0.4, -0.2) is 35.3 Å². The van der Waals surface area contributed by atoms with Gasteiger partial charge in [-0.15, -0.1) is 0 Å². The van der Waals surface area contributed by atoms with Gasteiger partial charge in [-0.25, -0.2) is 10.2 Å². The summed E-state index contributed by atoms with van der Waals surface area (Å²) in [4.78, 5) is 11.1. The van der Waals surface area contributed by atoms with Crippen LogP contribution >= 0.6 is 0 Å². The Bertz CT molecular complexity index is 1050. The van der Waals surface area contributed by atoms with Gasteiger partial charge in [0.05, 0.1) is 11.2 Å². The Morgan fingerprint density at radius 1 is 0.854 bits per heavy atom. The fraction of sp³-hybridized carbons (Fsp3) is 0.629. The van der Waals surface area contributed by atoms with Crippen molar-refractivity contribution in [3.63, 3.8) is 0 Å². The minimum atomic E-state index is -0.232. The molecule has 0 spiro atoms. The van der Waals surface area contributed by atoms with Gasteiger partial charge in [0.15, 0.2) is 0 Å². The molecule has 1 unspecified atom stereocenters. The molecule has 1 saturated heterocycles. The SMILES string of the molecule is CC(C)(C)C(C)(CCCCB1OC(C)(C)C(C)(C)O1)C1CC(N(Cc2ccccc2)Cc2ccccc2)C1.N=C=O. The molecule has 2 fully saturated rings. The van der Waals surface area contributed by atoms with E-state index in [1.54, 1.807) is 0 Å². The van der Waals surface area contributed by atoms with Crippen LogP contribution in [0, 0.1) is 22.2 Å². The number of carbonyl (C=O) groups excluding carboxylic acids is 1. The maximum atomic E-state index is 8.35. The molecule has 224 valence electrons. The summed E-state index contributed by atoms with van der Waals surface area (Å²) in [5.74, 6) is 0.762. The van der Waals surface area contributed by atoms with Crippen LogP contribution in [-0.2, 0) is 27.2 Å². The highest BCUT2D eigenvalue weighted by Gasteiger charge is 2.51. The molecule has 1 saturated carbocycles. The van der Waals surface area contributed by atoms with Gasteiger partial charge in [0, 0.05) is 19.1 Å². The largest absolute Gasteiger partial charge is 0.457 e. The summed E-state index contributed by atoms with van der Waals surface area (Å²) in [6.07, 6.45) is 7.99. The van der Waals surface area contributed by atoms with Gasteiger partial charge in [-0.2, -0.15) is 0 Å². The van der Waals surface area contributed by atoms with Crippen LogP contribution < -0.4 is 0 Å². The molecule has 0 bridgehead atoms. The van der Waals surface area contributed by atoms with Crippen molar-refractivity contribution in [2.75, 3.05) is 0 Å². The predicted molar refractivity (Wildman–Crippen MR) is 169 cm³/mol. The number of benzene rings is 2. The first kappa shape index (κ1) is 33.3. The molecule has 2 aliphatic rings. The standard InChI is InChI=1S/C34H52BNO2.CHNO/c1-31(2,3)34(8,21-15-16-22-35-37-32(4,5)33(6,7)38-35)29-23-30(24-29)36(25-27-17-11-9-12-18-27)26-28-19-13-10-14-20-28;2-1-3/h9-14,17-20,29-30H,15-16,21-26H2,1-8H3;2H. The maximum Gasteiger partial charge on any atom is 0.457 e. The topological polar surface area (TPSA) is 62.6 Å². The van der Waals surface area contributed by atoms with Gasteiger partial charge >= 0.3 is 7.12 Å². The number of rotatable bonds is 11. The molecule has 1 N–H and O–H groups in total. The molecule has 5 nitrogen and oxygen atoms in total. The first-order valence-corrected chi connectivity index (χ1v) is 15.4. The van der Waals surface area contributed by atoms with E-state index in [9.17, 15) is 0 Å². The Morgan fingerprint density at radius 3 is 1.71 bits per heavy atom. The molecule has 0 amide bonds. The molecular weight excluding hydrogens is 507 g/mol. The molecule has 0 aromatic heterocycles. The lowest BCUT2D eigenvalue weighted by Gasteiger charge is -2.56. The van der Waals surface area contributed by atoms with Gasteiger partial charge in [-0.3, -0.25) is 4.90 Å². The smallest absolute Gasteiger partial charge is 0.403 e. The van der Waals surface area contributed by atoms with E-state index in [2.05, 4.69) is 121 Å². The van der Waals surface area contributed by atoms with E-state index in [1.165, 1.54) is 36.8 Å². The third-order valence-corrected chi connectivity index (χ3v) is 10.4. The minimum Gasteiger partial charge on any atom is -0.403 e. The zero-order valence-electron chi connectivity index (χ0n) is 26.8. The second kappa shape index (κ2) is 13.8. The lowest BCUT2D eigenvalue weighted by atomic mass is 9.52. The van der Waals surface area contributed by atoms with E-state index in [-0.39, 0.29) is 23.7 Å². The first-order chi connectivity index (χ1) is 19.2. The number of unbranched alkanes of at least 4 members (excludes halogenated alkanes) is 1. The third kappa shape index (κ3) is 8.42. The Balaban J connectivity index is 0.00000147. The van der Waals surface area contributed by atoms with Crippen molar-refractivity contribution in [1.29, 1.82) is 5.41 Å². The number of hydrogen-bond donors (Lipinski definition) is 1. The van der Waals surface area contributed by atoms with Crippen molar-refractivity contribution >= 4 is 13.2 Å². The van der Waals surface area contributed by atoms with Crippen molar-refractivity contribution in [3.05, 3.63) is 71.8 Å². The molecule has 6 heteroatoms. The van der Waals surface area contributed by atoms with Crippen LogP contribution in [0.5, 0.6) is 0 Å². The summed E-state index contributed by atoms with van der Waals surface area (Å²) >= 11 is 0. The van der Waals surface area contributed by atoms with E-state index >= 15 is 0 Å². The summed E-state index contributed by atoms with van der Waals surface area (Å²) in [5.41, 5.74) is 2.95. The summed E-state index contributed by atoms with van der Waals surface area (Å²) in [6.45, 7) is 20.6. The number of nitrogens with one attached hydrogen (secondary N) is 1. The molecule has 1 heterocycles. The van der Waals surface area contributed by atoms with E-state index in [4.69, 9.17) is 19.5 Å². The summed E-state index contributed by atoms with van der Waals surface area (Å²) in [6, 6.07) is 22.6. The quantitative estimate of drug-likeness (QED) is 0.129. The first-order valence-electron chi connectivity index (χ1n) is 15.4. The van der Waals surface area contributed by atoms with Crippen molar-refractivity contribution in [2.45, 2.75) is 124 Å². The molecule has 2 aromatic rings. The molecule has 4 rings (SSSR count). The zero-order valence-corrected chi connectivity index (χ0v) is 26.8. The molecular formula is C35H53BN2O3. The van der Waals surface area contributed by atoms with Gasteiger partial charge in [-0.05, 0) is 81.2 Å². The van der Waals surface area contributed by atoms with Gasteiger partial charge in [0.25, 0.3) is 0 Å². The monoisotopic (exact) mass is 560 g/mol. The fourth-order valence-corrected chi connectivity index (χ4v) is 6.43. The van der Waals surface area contributed by atoms with Crippen LogP contribution in [0.3, 0.4) is 0 Å². The van der Waals surface area contributed by atoms with E-state index in [0.717, 1.165) is 37.8 Å². The lowest BCUT2D eigenvalue weighted by molar-refractivity contribution is -0.0650. The highest BCUT2D eigenvalue weighted by molar-refractivity contribution is 6.45. The van der Waals surface area contributed by atoms with Crippen LogP contribution in [0.2, 0.25) is 6.32 Å². The number of isocyanates is 1. The van der Waals surface area contributed by atoms with E-state index < -0.39 is 0 Å². The van der Waals surface area contributed by atoms with Gasteiger partial charge in [0.2, 0.25) is 6.08 Å². The second-order valence-corrected chi connectivity index (χ2v) is 14.4. The summed E-state index contributed by atoms with van der Waals surface area (Å²) < 4.78 is 12.5. The molecule has 0 radical (unpaired) electrons. The van der Waals surface area contributed by atoms with E-state index in [0.29, 0.717) is 11.5 Å². The van der Waals surface area contributed by atoms with Crippen molar-refractivity contribution in [2.24, 2.45) is 16.7 Å². The van der Waals surface area contributed by atoms with Gasteiger partial charge in [0.1, 0.15) is 0 Å². The Hall–Kier alpha value is -2.24. The highest BCUT2D eigenvalue weighted by atomic mass is 16.7. The Labute approximate surface area is 250 Å². The van der Waals surface area contributed by atoms with Gasteiger partial charge in [-0.1, -0.05) is 101 Å². The minimum absolute atomic E-state index is 0.0708. The average molecular weight is 561 g/mol. The highest BCUT2D eigenvalue weighted by Crippen LogP contribution is 2.56. The van der Waals surface area contributed by atoms with Crippen molar-refractivity contribution < 1.29 is 14.1 Å². The van der Waals surface area contributed by atoms with E-state index in [1.807, 2.05) is 0 Å². The average Bonchev–Trinajstić information content (AvgIpc) is 3.07. The Kier molecular flexibility index (Phi) is 11.2. The molecule has 2 aromatic carbocycles. The molecule has 41 heavy (non-hydrogen) atoms. The van der Waals surface area contributed by atoms with Crippen molar-refractivity contribution in [3.8, 4) is 0 Å². The van der Waals surface area contributed by atoms with Crippen molar-refractivity contribution in [1.82, 2.24) is 4.90 Å². The Morgan fingerprint density at radius 2 is 1.29 bits per heavy atom. The molecule has 1 atom stereocenters. The second-order valence-electron chi connectivity index (χ2n) is 14.4. The lowest BCUT2D eigenvalue weighted by Crippen LogP contribution is -2.52. The van der Waals surface area contributed by atoms with Crippen LogP contribution in [0.1, 0.15) is 98.6 Å². The summed E-state index contributed by atoms with van der Waals surface area (Å²) in [5, 5.41) is 5.40. The van der Waals surface area contributed by atoms with Crippen LogP contribution in [0.15, 0.2) is 60.7 Å². The maximum absolute atomic E-state index is 8.35. The van der Waals surface area contributed by atoms with Gasteiger partial charge < -0.3 is 9.31 Å². The molecule has 1 aliphatic carbocycles. The number of nitrogens with zero attached hydrogens (tertiary/aromatic N) is 1. The van der Waals surface area contributed by atoms with Crippen LogP contribution in [0.4, 0.5) is 0 Å². The fourth-order valence-electron chi connectivity index (χ4n) is 6.43. The zero-order chi connectivity index (χ0) is 30.3. The molecule has 1 aliphatic heterocycles. The predicted octanol–water partition coefficient (Wildman–Crippen LogP) is 8.68. The normalized spacial score (nSPS) is 22.7. The van der Waals surface area contributed by atoms with Crippen LogP contribution in [0.25, 0.3) is 0 Å².